The lowest BCUT2D eigenvalue weighted by Crippen LogP contribution is -2.24. The van der Waals surface area contributed by atoms with E-state index in [1.165, 1.54) is 0 Å². The number of nitrogens with zero attached hydrogens (tertiary/aromatic N) is 1. The lowest BCUT2D eigenvalue weighted by molar-refractivity contribution is 0.108. The number of hydrogen-bond donors (Lipinski definition) is 2. The molecule has 0 spiro atoms. The predicted molar refractivity (Wildman–Crippen MR) is 129 cm³/mol. The molecule has 0 radical (unpaired) electrons. The quantitative estimate of drug-likeness (QED) is 0.317. The molecule has 0 unspecified atom stereocenters. The normalized spacial score (nSPS) is 10.7. The van der Waals surface area contributed by atoms with Crippen LogP contribution in [0.2, 0.25) is 0 Å². The molecule has 4 aromatic rings. The summed E-state index contributed by atoms with van der Waals surface area (Å²) in [6.07, 6.45) is 0. The maximum atomic E-state index is 12.4. The number of ether oxygens (including phenoxy) is 1. The maximum Gasteiger partial charge on any atom is 0.329 e. The van der Waals surface area contributed by atoms with Gasteiger partial charge in [-0.2, -0.15) is 0 Å². The van der Waals surface area contributed by atoms with Gasteiger partial charge in [-0.1, -0.05) is 18.2 Å². The minimum absolute atomic E-state index is 0.305. The average Bonchev–Trinajstić information content (AvgIpc) is 3.23. The van der Waals surface area contributed by atoms with Gasteiger partial charge in [0.15, 0.2) is 5.58 Å². The molecule has 0 aliphatic carbocycles. The topological polar surface area (TPSA) is 93.5 Å². The summed E-state index contributed by atoms with van der Waals surface area (Å²) >= 11 is 4.04. The molecule has 0 atom stereocenters. The van der Waals surface area contributed by atoms with Crippen LogP contribution in [0.4, 0.5) is 10.5 Å². The van der Waals surface area contributed by atoms with Crippen molar-refractivity contribution < 1.29 is 18.7 Å². The SMILES string of the molecule is COc1ccc(C(=O)SNC(=O)Nc2cccc(-c3nc4ccccc4o3)c2C)cc1Br. The third kappa shape index (κ3) is 4.63. The number of halogens is 1. The number of para-hydroxylation sites is 2. The second-order valence-electron chi connectivity index (χ2n) is 6.76. The van der Waals surface area contributed by atoms with Gasteiger partial charge in [0.2, 0.25) is 11.0 Å². The molecule has 2 N–H and O–H groups in total. The lowest BCUT2D eigenvalue weighted by Gasteiger charge is -2.11. The summed E-state index contributed by atoms with van der Waals surface area (Å²) in [7, 11) is 1.55. The van der Waals surface area contributed by atoms with E-state index >= 15 is 0 Å². The Kier molecular flexibility index (Phi) is 6.48. The van der Waals surface area contributed by atoms with Gasteiger partial charge in [0.05, 0.1) is 11.6 Å². The van der Waals surface area contributed by atoms with Gasteiger partial charge in [0.1, 0.15) is 11.3 Å². The number of anilines is 1. The van der Waals surface area contributed by atoms with Crippen LogP contribution in [0.25, 0.3) is 22.6 Å². The lowest BCUT2D eigenvalue weighted by atomic mass is 10.1. The van der Waals surface area contributed by atoms with Crippen molar-refractivity contribution in [2.75, 3.05) is 12.4 Å². The number of methoxy groups -OCH3 is 1. The smallest absolute Gasteiger partial charge is 0.329 e. The van der Waals surface area contributed by atoms with Crippen LogP contribution in [0.3, 0.4) is 0 Å². The Balaban J connectivity index is 1.44. The van der Waals surface area contributed by atoms with Crippen molar-refractivity contribution in [3.63, 3.8) is 0 Å². The minimum atomic E-state index is -0.520. The Hall–Kier alpha value is -3.30. The van der Waals surface area contributed by atoms with Gasteiger partial charge in [0, 0.05) is 28.8 Å². The molecule has 3 aromatic carbocycles. The summed E-state index contributed by atoms with van der Waals surface area (Å²) < 4.78 is 14.2. The zero-order valence-corrected chi connectivity index (χ0v) is 19.5. The third-order valence-electron chi connectivity index (χ3n) is 4.73. The molecule has 1 heterocycles. The van der Waals surface area contributed by atoms with E-state index in [0.29, 0.717) is 44.9 Å². The number of rotatable bonds is 4. The monoisotopic (exact) mass is 511 g/mol. The predicted octanol–water partition coefficient (Wildman–Crippen LogP) is 6.18. The Labute approximate surface area is 196 Å². The molecule has 9 heteroatoms. The zero-order chi connectivity index (χ0) is 22.7. The van der Waals surface area contributed by atoms with Crippen molar-refractivity contribution in [1.29, 1.82) is 0 Å². The van der Waals surface area contributed by atoms with E-state index in [0.717, 1.165) is 16.6 Å². The van der Waals surface area contributed by atoms with Gasteiger partial charge in [0.25, 0.3) is 0 Å². The highest BCUT2D eigenvalue weighted by atomic mass is 79.9. The summed E-state index contributed by atoms with van der Waals surface area (Å²) in [5.41, 5.74) is 4.03. The number of nitrogens with one attached hydrogen (secondary N) is 2. The summed E-state index contributed by atoms with van der Waals surface area (Å²) in [5.74, 6) is 1.09. The summed E-state index contributed by atoms with van der Waals surface area (Å²) in [6, 6.07) is 17.4. The standard InChI is InChI=1S/C23H18BrN3O4S/c1-13-15(21-25-18-7-3-4-9-20(18)31-21)6-5-8-17(13)26-23(29)27-32-22(28)14-10-11-19(30-2)16(24)12-14/h3-12H,1-2H3,(H2,26,27,29). The summed E-state index contributed by atoms with van der Waals surface area (Å²) in [5, 5.41) is 2.46. The summed E-state index contributed by atoms with van der Waals surface area (Å²) in [4.78, 5) is 29.3. The molecule has 0 saturated carbocycles. The van der Waals surface area contributed by atoms with Crippen LogP contribution in [-0.4, -0.2) is 23.2 Å². The molecular weight excluding hydrogens is 494 g/mol. The van der Waals surface area contributed by atoms with Gasteiger partial charge in [-0.15, -0.1) is 0 Å². The van der Waals surface area contributed by atoms with Crippen molar-refractivity contribution in [3.8, 4) is 17.2 Å². The molecule has 1 aromatic heterocycles. The highest BCUT2D eigenvalue weighted by Gasteiger charge is 2.15. The first-order chi connectivity index (χ1) is 15.5. The molecule has 2 amide bonds. The zero-order valence-electron chi connectivity index (χ0n) is 17.1. The average molecular weight is 512 g/mol. The van der Waals surface area contributed by atoms with Crippen molar-refractivity contribution in [2.45, 2.75) is 6.92 Å². The van der Waals surface area contributed by atoms with E-state index in [-0.39, 0.29) is 5.12 Å². The summed E-state index contributed by atoms with van der Waals surface area (Å²) in [6.45, 7) is 1.87. The van der Waals surface area contributed by atoms with E-state index in [9.17, 15) is 9.59 Å². The second kappa shape index (κ2) is 9.46. The fraction of sp³-hybridized carbons (Fsp3) is 0.0870. The second-order valence-corrected chi connectivity index (χ2v) is 8.39. The first kappa shape index (κ1) is 21.9. The first-order valence-corrected chi connectivity index (χ1v) is 11.1. The van der Waals surface area contributed by atoms with E-state index in [2.05, 4.69) is 31.0 Å². The Morgan fingerprint density at radius 2 is 1.91 bits per heavy atom. The Morgan fingerprint density at radius 1 is 1.09 bits per heavy atom. The molecule has 7 nitrogen and oxygen atoms in total. The number of fused-ring (bicyclic) bond motifs is 1. The minimum Gasteiger partial charge on any atom is -0.496 e. The molecule has 0 aliphatic heterocycles. The van der Waals surface area contributed by atoms with Crippen LogP contribution < -0.4 is 14.8 Å². The molecule has 32 heavy (non-hydrogen) atoms. The largest absolute Gasteiger partial charge is 0.496 e. The molecule has 0 bridgehead atoms. The van der Waals surface area contributed by atoms with Crippen LogP contribution in [0.15, 0.2) is 69.6 Å². The molecular formula is C23H18BrN3O4S. The van der Waals surface area contributed by atoms with Crippen molar-refractivity contribution in [1.82, 2.24) is 9.71 Å². The molecule has 162 valence electrons. The van der Waals surface area contributed by atoms with E-state index in [4.69, 9.17) is 9.15 Å². The van der Waals surface area contributed by atoms with E-state index in [1.807, 2.05) is 37.3 Å². The number of oxazole rings is 1. The fourth-order valence-corrected chi connectivity index (χ4v) is 4.10. The number of aromatic nitrogens is 1. The molecule has 4 rings (SSSR count). The van der Waals surface area contributed by atoms with Gasteiger partial charge in [-0.25, -0.2) is 9.78 Å². The van der Waals surface area contributed by atoms with Gasteiger partial charge >= 0.3 is 6.03 Å². The fourth-order valence-electron chi connectivity index (χ4n) is 3.08. The number of urea groups is 1. The maximum absolute atomic E-state index is 12.4. The van der Waals surface area contributed by atoms with Gasteiger partial charge < -0.3 is 14.5 Å². The van der Waals surface area contributed by atoms with Crippen molar-refractivity contribution in [3.05, 3.63) is 76.3 Å². The van der Waals surface area contributed by atoms with Crippen molar-refractivity contribution >= 4 is 55.8 Å². The number of carbonyl (C=O) groups excluding carboxylic acids is 2. The van der Waals surface area contributed by atoms with Crippen LogP contribution >= 0.6 is 27.9 Å². The van der Waals surface area contributed by atoms with Crippen LogP contribution in [0, 0.1) is 6.92 Å². The molecule has 0 aliphatic rings. The Bertz CT molecular complexity index is 1290. The Morgan fingerprint density at radius 3 is 2.66 bits per heavy atom. The van der Waals surface area contributed by atoms with Crippen LogP contribution in [-0.2, 0) is 0 Å². The number of benzene rings is 3. The number of carbonyl (C=O) groups is 2. The van der Waals surface area contributed by atoms with Gasteiger partial charge in [-0.05, 0) is 70.9 Å². The highest BCUT2D eigenvalue weighted by Crippen LogP contribution is 2.31. The third-order valence-corrected chi connectivity index (χ3v) is 6.06. The number of hydrogen-bond acceptors (Lipinski definition) is 6. The molecule has 0 fully saturated rings. The van der Waals surface area contributed by atoms with Gasteiger partial charge in [-0.3, -0.25) is 9.52 Å². The molecule has 0 saturated heterocycles. The van der Waals surface area contributed by atoms with Crippen LogP contribution in [0.1, 0.15) is 15.9 Å². The first-order valence-electron chi connectivity index (χ1n) is 9.53. The van der Waals surface area contributed by atoms with Crippen LogP contribution in [0.5, 0.6) is 5.75 Å². The number of amides is 2. The van der Waals surface area contributed by atoms with E-state index in [1.54, 1.807) is 37.4 Å². The van der Waals surface area contributed by atoms with Crippen molar-refractivity contribution in [2.24, 2.45) is 0 Å². The highest BCUT2D eigenvalue weighted by molar-refractivity contribution is 9.10. The van der Waals surface area contributed by atoms with E-state index < -0.39 is 6.03 Å².